The van der Waals surface area contributed by atoms with Crippen LogP contribution in [0.5, 0.6) is 0 Å². The topological polar surface area (TPSA) is 71.0 Å². The third-order valence-electron chi connectivity index (χ3n) is 6.02. The van der Waals surface area contributed by atoms with Gasteiger partial charge in [0.2, 0.25) is 0 Å². The Hall–Kier alpha value is -1.86. The van der Waals surface area contributed by atoms with Gasteiger partial charge in [0.1, 0.15) is 10.7 Å². The van der Waals surface area contributed by atoms with Gasteiger partial charge in [0, 0.05) is 37.0 Å². The van der Waals surface area contributed by atoms with E-state index in [1.165, 1.54) is 49.0 Å². The van der Waals surface area contributed by atoms with Gasteiger partial charge in [-0.3, -0.25) is 14.7 Å². The van der Waals surface area contributed by atoms with Crippen molar-refractivity contribution >= 4 is 17.2 Å². The van der Waals surface area contributed by atoms with E-state index in [1.807, 2.05) is 12.4 Å². The molecule has 0 bridgehead atoms. The molecule has 0 atom stereocenters. The van der Waals surface area contributed by atoms with Crippen LogP contribution in [0.1, 0.15) is 71.9 Å². The number of carbonyl (C=O) groups excluding carboxylic acids is 1. The quantitative estimate of drug-likeness (QED) is 0.803. The number of piperidine rings is 1. The Morgan fingerprint density at radius 1 is 1.07 bits per heavy atom. The Morgan fingerprint density at radius 2 is 1.82 bits per heavy atom. The van der Waals surface area contributed by atoms with Gasteiger partial charge in [-0.15, -0.1) is 11.3 Å². The van der Waals surface area contributed by atoms with E-state index >= 15 is 0 Å². The molecule has 2 aliphatic rings. The summed E-state index contributed by atoms with van der Waals surface area (Å²) in [6.07, 6.45) is 14.4. The molecule has 1 saturated heterocycles. The summed E-state index contributed by atoms with van der Waals surface area (Å²) in [6.45, 7) is 3.80. The molecule has 7 heteroatoms. The average molecular weight is 400 g/mol. The van der Waals surface area contributed by atoms with Crippen molar-refractivity contribution < 1.29 is 4.79 Å². The highest BCUT2D eigenvalue weighted by molar-refractivity contribution is 7.11. The van der Waals surface area contributed by atoms with Gasteiger partial charge in [-0.1, -0.05) is 19.3 Å². The number of amides is 1. The molecule has 0 aromatic carbocycles. The molecule has 1 N–H and O–H groups in total. The number of hydrogen-bond acceptors (Lipinski definition) is 6. The fourth-order valence-electron chi connectivity index (χ4n) is 4.28. The maximum absolute atomic E-state index is 12.0. The maximum atomic E-state index is 12.0. The zero-order valence-electron chi connectivity index (χ0n) is 16.3. The zero-order chi connectivity index (χ0) is 19.2. The fourth-order valence-corrected chi connectivity index (χ4v) is 4.81. The number of likely N-dealkylation sites (tertiary alicyclic amines) is 1. The van der Waals surface area contributed by atoms with Crippen LogP contribution in [0.4, 0.5) is 0 Å². The molecule has 150 valence electrons. The van der Waals surface area contributed by atoms with Crippen molar-refractivity contribution in [1.29, 1.82) is 0 Å². The summed E-state index contributed by atoms with van der Waals surface area (Å²) >= 11 is 1.39. The summed E-state index contributed by atoms with van der Waals surface area (Å²) in [5.74, 6) is 2.16. The van der Waals surface area contributed by atoms with Gasteiger partial charge >= 0.3 is 0 Å². The van der Waals surface area contributed by atoms with Crippen LogP contribution < -0.4 is 5.32 Å². The van der Waals surface area contributed by atoms with Gasteiger partial charge in [0.05, 0.1) is 11.7 Å². The summed E-state index contributed by atoms with van der Waals surface area (Å²) in [5, 5.41) is 3.05. The molecule has 2 fully saturated rings. The third kappa shape index (κ3) is 5.14. The lowest BCUT2D eigenvalue weighted by atomic mass is 9.89. The van der Waals surface area contributed by atoms with Crippen molar-refractivity contribution in [2.45, 2.75) is 57.4 Å². The lowest BCUT2D eigenvalue weighted by Crippen LogP contribution is -2.38. The first-order chi connectivity index (χ1) is 13.8. The van der Waals surface area contributed by atoms with Gasteiger partial charge in [-0.25, -0.2) is 9.97 Å². The molecule has 2 aromatic rings. The molecular formula is C21H29N5OS. The highest BCUT2D eigenvalue weighted by atomic mass is 32.1. The van der Waals surface area contributed by atoms with Crippen molar-refractivity contribution in [1.82, 2.24) is 25.2 Å². The number of rotatable bonds is 6. The highest BCUT2D eigenvalue weighted by Crippen LogP contribution is 2.30. The van der Waals surface area contributed by atoms with Crippen molar-refractivity contribution in [3.8, 4) is 0 Å². The van der Waals surface area contributed by atoms with Crippen LogP contribution in [-0.2, 0) is 6.54 Å². The summed E-state index contributed by atoms with van der Waals surface area (Å²) in [7, 11) is 0. The Bertz CT molecular complexity index is 735. The van der Waals surface area contributed by atoms with Crippen LogP contribution in [-0.4, -0.2) is 45.4 Å². The lowest BCUT2D eigenvalue weighted by molar-refractivity contribution is 0.0939. The van der Waals surface area contributed by atoms with E-state index in [0.29, 0.717) is 16.7 Å². The molecule has 4 rings (SSSR count). The van der Waals surface area contributed by atoms with Gasteiger partial charge in [-0.05, 0) is 44.7 Å². The minimum Gasteiger partial charge on any atom is -0.351 e. The minimum absolute atomic E-state index is 0.000124. The van der Waals surface area contributed by atoms with Gasteiger partial charge in [0.15, 0.2) is 0 Å². The van der Waals surface area contributed by atoms with Gasteiger partial charge in [-0.2, -0.15) is 0 Å². The number of carbonyl (C=O) groups is 1. The second kappa shape index (κ2) is 9.56. The molecule has 2 aromatic heterocycles. The number of aromatic nitrogens is 3. The lowest BCUT2D eigenvalue weighted by Gasteiger charge is -2.32. The first kappa shape index (κ1) is 19.5. The molecule has 6 nitrogen and oxygen atoms in total. The minimum atomic E-state index is 0.000124. The second-order valence-corrected chi connectivity index (χ2v) is 8.97. The molecule has 0 unspecified atom stereocenters. The molecule has 0 radical (unpaired) electrons. The summed E-state index contributed by atoms with van der Waals surface area (Å²) in [5.41, 5.74) is 2.90. The third-order valence-corrected chi connectivity index (χ3v) is 6.79. The smallest absolute Gasteiger partial charge is 0.263 e. The predicted molar refractivity (Wildman–Crippen MR) is 110 cm³/mol. The Balaban J connectivity index is 1.19. The molecule has 3 heterocycles. The van der Waals surface area contributed by atoms with Crippen LogP contribution in [0.2, 0.25) is 0 Å². The summed E-state index contributed by atoms with van der Waals surface area (Å²) in [4.78, 5) is 28.5. The largest absolute Gasteiger partial charge is 0.351 e. The molecule has 1 saturated carbocycles. The van der Waals surface area contributed by atoms with E-state index in [-0.39, 0.29) is 5.91 Å². The Morgan fingerprint density at radius 3 is 2.50 bits per heavy atom. The number of hydrogen-bond donors (Lipinski definition) is 1. The van der Waals surface area contributed by atoms with Crippen molar-refractivity contribution in [2.75, 3.05) is 19.6 Å². The van der Waals surface area contributed by atoms with E-state index in [1.54, 1.807) is 11.7 Å². The highest BCUT2D eigenvalue weighted by Gasteiger charge is 2.21. The van der Waals surface area contributed by atoms with E-state index in [4.69, 9.17) is 0 Å². The number of nitrogens with one attached hydrogen (secondary N) is 1. The van der Waals surface area contributed by atoms with Crippen LogP contribution in [0.25, 0.3) is 0 Å². The van der Waals surface area contributed by atoms with E-state index in [2.05, 4.69) is 25.2 Å². The summed E-state index contributed by atoms with van der Waals surface area (Å²) in [6, 6.07) is 0. The van der Waals surface area contributed by atoms with Crippen LogP contribution >= 0.6 is 11.3 Å². The van der Waals surface area contributed by atoms with Crippen LogP contribution in [0, 0.1) is 5.92 Å². The maximum Gasteiger partial charge on any atom is 0.263 e. The molecule has 1 aliphatic carbocycles. The second-order valence-electron chi connectivity index (χ2n) is 8.08. The summed E-state index contributed by atoms with van der Waals surface area (Å²) < 4.78 is 0. The Kier molecular flexibility index (Phi) is 6.65. The molecule has 1 aliphatic heterocycles. The molecule has 1 amide bonds. The fraction of sp³-hybridized carbons (Fsp3) is 0.619. The van der Waals surface area contributed by atoms with Crippen molar-refractivity contribution in [3.63, 3.8) is 0 Å². The number of nitrogens with zero attached hydrogens (tertiary/aromatic N) is 4. The SMILES string of the molecule is O=C(NCC1CCN(Cc2cnc(C3CCCCC3)nc2)CC1)c1cncs1. The van der Waals surface area contributed by atoms with E-state index in [0.717, 1.165) is 44.8 Å². The first-order valence-corrected chi connectivity index (χ1v) is 11.4. The normalized spacial score (nSPS) is 19.6. The van der Waals surface area contributed by atoms with Crippen molar-refractivity contribution in [3.05, 3.63) is 40.4 Å². The van der Waals surface area contributed by atoms with Crippen LogP contribution in [0.3, 0.4) is 0 Å². The van der Waals surface area contributed by atoms with E-state index < -0.39 is 0 Å². The molecular weight excluding hydrogens is 370 g/mol. The monoisotopic (exact) mass is 399 g/mol. The standard InChI is InChI=1S/C21H29N5OS/c27-21(19-13-22-15-28-19)25-10-16-6-8-26(9-7-16)14-17-11-23-20(24-12-17)18-4-2-1-3-5-18/h11-13,15-16,18H,1-10,14H2,(H,25,27). The average Bonchev–Trinajstić information content (AvgIpc) is 3.29. The zero-order valence-corrected chi connectivity index (χ0v) is 17.2. The van der Waals surface area contributed by atoms with Crippen LogP contribution in [0.15, 0.2) is 24.1 Å². The van der Waals surface area contributed by atoms with Gasteiger partial charge in [0.25, 0.3) is 5.91 Å². The molecule has 0 spiro atoms. The Labute approximate surface area is 170 Å². The van der Waals surface area contributed by atoms with Gasteiger partial charge < -0.3 is 5.32 Å². The van der Waals surface area contributed by atoms with Crippen molar-refractivity contribution in [2.24, 2.45) is 5.92 Å². The van der Waals surface area contributed by atoms with E-state index in [9.17, 15) is 4.79 Å². The molecule has 28 heavy (non-hydrogen) atoms. The predicted octanol–water partition coefficient (Wildman–Crippen LogP) is 3.62. The number of thiazole rings is 1. The first-order valence-electron chi connectivity index (χ1n) is 10.5.